The topological polar surface area (TPSA) is 55.7 Å². The summed E-state index contributed by atoms with van der Waals surface area (Å²) in [5.41, 5.74) is 2.05. The third-order valence-corrected chi connectivity index (χ3v) is 8.09. The minimum atomic E-state index is -0.0232. The summed E-state index contributed by atoms with van der Waals surface area (Å²) in [7, 11) is 1.63. The number of ether oxygens (including phenoxy) is 2. The molecule has 3 heterocycles. The molecule has 1 aromatic carbocycles. The minimum Gasteiger partial charge on any atom is -0.493 e. The van der Waals surface area contributed by atoms with Crippen LogP contribution < -0.4 is 14.8 Å². The third kappa shape index (κ3) is 4.33. The van der Waals surface area contributed by atoms with Gasteiger partial charge in [-0.05, 0) is 68.4 Å². The molecule has 1 saturated heterocycles. The molecule has 0 bridgehead atoms. The highest BCUT2D eigenvalue weighted by Crippen LogP contribution is 2.44. The second kappa shape index (κ2) is 9.65. The molecule has 3 aliphatic rings. The van der Waals surface area contributed by atoms with Gasteiger partial charge in [-0.1, -0.05) is 26.7 Å². The first kappa shape index (κ1) is 23.3. The molecule has 1 saturated carbocycles. The number of nitrogens with one attached hydrogen (secondary N) is 1. The number of fused-ring (bicyclic) bond motifs is 4. The Morgan fingerprint density at radius 1 is 1.18 bits per heavy atom. The first-order chi connectivity index (χ1) is 16.5. The van der Waals surface area contributed by atoms with Crippen LogP contribution in [0.2, 0.25) is 0 Å². The van der Waals surface area contributed by atoms with Crippen LogP contribution in [0.1, 0.15) is 82.3 Å². The quantitative estimate of drug-likeness (QED) is 0.619. The molecule has 0 radical (unpaired) electrons. The monoisotopic (exact) mass is 467 g/mol. The number of likely N-dealkylation sites (tertiary alicyclic amines) is 1. The summed E-state index contributed by atoms with van der Waals surface area (Å²) < 4.78 is 14.0. The van der Waals surface area contributed by atoms with Crippen LogP contribution in [-0.4, -0.2) is 48.2 Å². The number of hydrogen-bond donors (Lipinski definition) is 1. The Balaban J connectivity index is 0.00000289. The maximum absolute atomic E-state index is 13.4. The number of amides is 1. The number of carbonyl (C=O) groups is 1. The van der Waals surface area contributed by atoms with Gasteiger partial charge in [-0.3, -0.25) is 4.79 Å². The fourth-order valence-electron chi connectivity index (χ4n) is 6.13. The third-order valence-electron chi connectivity index (χ3n) is 8.09. The second-order valence-electron chi connectivity index (χ2n) is 10.7. The second-order valence-corrected chi connectivity index (χ2v) is 10.7. The molecule has 2 atom stereocenters. The van der Waals surface area contributed by atoms with Crippen molar-refractivity contribution in [3.05, 3.63) is 47.8 Å². The summed E-state index contributed by atoms with van der Waals surface area (Å²) in [6.45, 7) is 6.51. The van der Waals surface area contributed by atoms with Gasteiger partial charge in [0.1, 0.15) is 0 Å². The normalized spacial score (nSPS) is 23.5. The van der Waals surface area contributed by atoms with Crippen LogP contribution in [0.5, 0.6) is 11.5 Å². The lowest BCUT2D eigenvalue weighted by Crippen LogP contribution is -2.61. The van der Waals surface area contributed by atoms with Gasteiger partial charge >= 0.3 is 0 Å². The van der Waals surface area contributed by atoms with Gasteiger partial charge in [-0.2, -0.15) is 0 Å². The number of piperidine rings is 1. The van der Waals surface area contributed by atoms with Crippen molar-refractivity contribution in [2.75, 3.05) is 26.8 Å². The number of benzene rings is 1. The van der Waals surface area contributed by atoms with Crippen LogP contribution >= 0.6 is 0 Å². The lowest BCUT2D eigenvalue weighted by Gasteiger charge is -2.52. The van der Waals surface area contributed by atoms with Crippen LogP contribution in [-0.2, 0) is 5.54 Å². The van der Waals surface area contributed by atoms with E-state index in [1.54, 1.807) is 7.11 Å². The number of methoxy groups -OCH3 is 1. The van der Waals surface area contributed by atoms with E-state index in [1.165, 1.54) is 31.4 Å². The number of rotatable bonds is 6. The summed E-state index contributed by atoms with van der Waals surface area (Å²) >= 11 is 0. The summed E-state index contributed by atoms with van der Waals surface area (Å²) in [6, 6.07) is 11.2. The fourth-order valence-corrected chi connectivity index (χ4v) is 6.13. The highest BCUT2D eigenvalue weighted by Gasteiger charge is 2.46. The Bertz CT molecular complexity index is 1010. The van der Waals surface area contributed by atoms with Crippen LogP contribution in [0.4, 0.5) is 0 Å². The maximum atomic E-state index is 13.4. The van der Waals surface area contributed by atoms with Crippen LogP contribution in [0.25, 0.3) is 0 Å². The molecular weight excluding hydrogens is 426 g/mol. The Morgan fingerprint density at radius 3 is 2.74 bits per heavy atom. The average molecular weight is 468 g/mol. The Morgan fingerprint density at radius 2 is 1.97 bits per heavy atom. The van der Waals surface area contributed by atoms with Gasteiger partial charge in [0, 0.05) is 44.1 Å². The van der Waals surface area contributed by atoms with Crippen molar-refractivity contribution in [2.24, 2.45) is 5.92 Å². The van der Waals surface area contributed by atoms with Crippen LogP contribution in [0.3, 0.4) is 0 Å². The van der Waals surface area contributed by atoms with Crippen molar-refractivity contribution in [2.45, 2.75) is 76.4 Å². The smallest absolute Gasteiger partial charge is 0.253 e. The molecule has 1 aliphatic carbocycles. The van der Waals surface area contributed by atoms with Crippen molar-refractivity contribution < 1.29 is 15.7 Å². The van der Waals surface area contributed by atoms with Crippen molar-refractivity contribution in [3.63, 3.8) is 0 Å². The van der Waals surface area contributed by atoms with Gasteiger partial charge in [0.05, 0.1) is 19.3 Å². The minimum absolute atomic E-state index is 0. The molecule has 1 spiro atoms. The lowest BCUT2D eigenvalue weighted by atomic mass is 9.77. The van der Waals surface area contributed by atoms with Gasteiger partial charge < -0.3 is 24.3 Å². The van der Waals surface area contributed by atoms with Crippen molar-refractivity contribution in [1.82, 2.24) is 14.8 Å². The van der Waals surface area contributed by atoms with E-state index in [4.69, 9.17) is 9.47 Å². The summed E-state index contributed by atoms with van der Waals surface area (Å²) in [4.78, 5) is 15.4. The SMILES string of the molecule is COc1cc(C(=O)N2CCC3(CC2)N[C@@H]2CCCC[C@H]2n2cccc23)ccc1OCCC(C)C.[HH]. The molecule has 5 rings (SSSR count). The number of carbonyl (C=O) groups excluding carboxylic acids is 1. The summed E-state index contributed by atoms with van der Waals surface area (Å²) in [6.07, 6.45) is 10.3. The van der Waals surface area contributed by atoms with Crippen molar-refractivity contribution in [1.29, 1.82) is 0 Å². The number of nitrogens with zero attached hydrogens (tertiary/aromatic N) is 2. The number of aromatic nitrogens is 1. The Hall–Kier alpha value is -2.47. The van der Waals surface area contributed by atoms with Gasteiger partial charge in [-0.25, -0.2) is 0 Å². The zero-order valence-electron chi connectivity index (χ0n) is 20.9. The first-order valence-corrected chi connectivity index (χ1v) is 13.1. The van der Waals surface area contributed by atoms with Crippen molar-refractivity contribution in [3.8, 4) is 11.5 Å². The zero-order valence-corrected chi connectivity index (χ0v) is 20.9. The molecule has 6 heteroatoms. The van der Waals surface area contributed by atoms with E-state index in [-0.39, 0.29) is 12.9 Å². The molecule has 2 aliphatic heterocycles. The highest BCUT2D eigenvalue weighted by atomic mass is 16.5. The van der Waals surface area contributed by atoms with E-state index in [0.29, 0.717) is 41.7 Å². The molecular formula is C28H41N3O3. The predicted octanol–water partition coefficient (Wildman–Crippen LogP) is 5.39. The molecule has 2 aromatic rings. The van der Waals surface area contributed by atoms with E-state index < -0.39 is 0 Å². The molecule has 0 unspecified atom stereocenters. The van der Waals surface area contributed by atoms with E-state index in [2.05, 4.69) is 42.1 Å². The first-order valence-electron chi connectivity index (χ1n) is 13.1. The van der Waals surface area contributed by atoms with Gasteiger partial charge in [-0.15, -0.1) is 0 Å². The molecule has 34 heavy (non-hydrogen) atoms. The van der Waals surface area contributed by atoms with Gasteiger partial charge in [0.15, 0.2) is 11.5 Å². The molecule has 2 fully saturated rings. The van der Waals surface area contributed by atoms with E-state index in [1.807, 2.05) is 23.1 Å². The average Bonchev–Trinajstić information content (AvgIpc) is 3.36. The fraction of sp³-hybridized carbons (Fsp3) is 0.607. The standard InChI is InChI=1S/C28H39N3O3.H2/c1-20(2)12-18-34-24-11-10-21(19-25(24)33-3)27(32)30-16-13-28(14-17-30)26-9-6-15-31(26)23-8-5-4-7-22(23)29-28;/h6,9-11,15,19-20,22-23,29H,4-5,7-8,12-14,16-18H2,1-3H3;1H/t22-,23-;/m1./s1. The Labute approximate surface area is 205 Å². The van der Waals surface area contributed by atoms with E-state index in [9.17, 15) is 4.79 Å². The van der Waals surface area contributed by atoms with Crippen LogP contribution in [0.15, 0.2) is 36.5 Å². The van der Waals surface area contributed by atoms with E-state index >= 15 is 0 Å². The molecule has 1 N–H and O–H groups in total. The zero-order chi connectivity index (χ0) is 23.7. The van der Waals surface area contributed by atoms with Crippen LogP contribution in [0, 0.1) is 5.92 Å². The summed E-state index contributed by atoms with van der Waals surface area (Å²) in [5, 5.41) is 4.07. The molecule has 6 nitrogen and oxygen atoms in total. The predicted molar refractivity (Wildman–Crippen MR) is 136 cm³/mol. The van der Waals surface area contributed by atoms with Gasteiger partial charge in [0.25, 0.3) is 5.91 Å². The van der Waals surface area contributed by atoms with Gasteiger partial charge in [0.2, 0.25) is 0 Å². The largest absolute Gasteiger partial charge is 0.493 e. The highest BCUT2D eigenvalue weighted by molar-refractivity contribution is 5.95. The lowest BCUT2D eigenvalue weighted by molar-refractivity contribution is 0.0512. The Kier molecular flexibility index (Phi) is 6.61. The summed E-state index contributed by atoms with van der Waals surface area (Å²) in [5.74, 6) is 1.98. The molecule has 186 valence electrons. The van der Waals surface area contributed by atoms with E-state index in [0.717, 1.165) is 32.4 Å². The van der Waals surface area contributed by atoms with Crippen molar-refractivity contribution >= 4 is 5.91 Å². The molecule has 1 amide bonds. The number of hydrogen-bond acceptors (Lipinski definition) is 4. The maximum Gasteiger partial charge on any atom is 0.253 e. The molecule has 1 aromatic heterocycles.